The maximum absolute atomic E-state index is 6.64. The molecule has 0 saturated heterocycles. The van der Waals surface area contributed by atoms with E-state index in [2.05, 4.69) is 446 Å². The van der Waals surface area contributed by atoms with E-state index in [0.717, 1.165) is 125 Å². The molecule has 0 spiro atoms. The third-order valence-electron chi connectivity index (χ3n) is 28.2. The SMILES string of the molecule is C=Cc1ccc(OCCC2(c3ccccc3)c3ccccc3-c3ccc(N(c4ccccc4)c4ccc5c(c4)c4ccccc4n5-c4ccc(COCc5ccc6c(c5)C(C)(C)c5cc(COCc7ccc(-n8c9ccccc9c9cc(N(c%10ccccc%10)c%10ccc%11c(c%10)C(CCOc%10ccc(C=C)cc%10)(c%10ccccc%10)c%10ccccc%10-%11)ccc98)cc7)ccc5-6)cc4)cc32)cc1. The molecule has 3 aliphatic carbocycles. The second kappa shape index (κ2) is 34.2. The van der Waals surface area contributed by atoms with Gasteiger partial charge in [0, 0.05) is 83.3 Å². The Hall–Kier alpha value is -15.8. The molecule has 2 unspecified atom stereocenters. The zero-order chi connectivity index (χ0) is 89.1. The van der Waals surface area contributed by atoms with E-state index < -0.39 is 10.8 Å². The number of ether oxygens (including phenoxy) is 4. The topological polar surface area (TPSA) is 53.3 Å². The second-order valence-electron chi connectivity index (χ2n) is 36.0. The lowest BCUT2D eigenvalue weighted by atomic mass is 9.70. The Balaban J connectivity index is 0.459. The molecule has 8 nitrogen and oxygen atoms in total. The van der Waals surface area contributed by atoms with Gasteiger partial charge in [-0.05, 0) is 270 Å². The highest BCUT2D eigenvalue weighted by atomic mass is 16.5. The van der Waals surface area contributed by atoms with Gasteiger partial charge in [-0.25, -0.2) is 0 Å². The summed E-state index contributed by atoms with van der Waals surface area (Å²) in [4.78, 5) is 4.84. The number of aromatic nitrogens is 2. The molecule has 133 heavy (non-hydrogen) atoms. The third-order valence-corrected chi connectivity index (χ3v) is 28.2. The van der Waals surface area contributed by atoms with Gasteiger partial charge < -0.3 is 37.9 Å². The predicted octanol–water partition coefficient (Wildman–Crippen LogP) is 31.4. The van der Waals surface area contributed by atoms with Crippen LogP contribution in [0.25, 0.3) is 101 Å². The summed E-state index contributed by atoms with van der Waals surface area (Å²) >= 11 is 0. The van der Waals surface area contributed by atoms with E-state index in [1.165, 1.54) is 99.4 Å². The highest BCUT2D eigenvalue weighted by Gasteiger charge is 2.47. The summed E-state index contributed by atoms with van der Waals surface area (Å²) in [5.74, 6) is 1.69. The minimum Gasteiger partial charge on any atom is -0.494 e. The van der Waals surface area contributed by atoms with E-state index in [4.69, 9.17) is 18.9 Å². The second-order valence-corrected chi connectivity index (χ2v) is 36.0. The molecule has 8 heteroatoms. The molecule has 642 valence electrons. The fourth-order valence-corrected chi connectivity index (χ4v) is 21.8. The lowest BCUT2D eigenvalue weighted by Gasteiger charge is -2.34. The molecule has 2 aromatic heterocycles. The van der Waals surface area contributed by atoms with Crippen molar-refractivity contribution < 1.29 is 18.9 Å². The van der Waals surface area contributed by atoms with Crippen molar-refractivity contribution in [3.8, 4) is 56.3 Å². The largest absolute Gasteiger partial charge is 0.494 e. The number of para-hydroxylation sites is 4. The van der Waals surface area contributed by atoms with Gasteiger partial charge in [-0.2, -0.15) is 0 Å². The molecule has 0 saturated carbocycles. The molecule has 0 radical (unpaired) electrons. The fraction of sp³-hybridized carbons (Fsp3) is 0.104. The predicted molar refractivity (Wildman–Crippen MR) is 549 cm³/mol. The minimum absolute atomic E-state index is 0.222. The van der Waals surface area contributed by atoms with Crippen LogP contribution in [0, 0.1) is 0 Å². The number of hydrogen-bond donors (Lipinski definition) is 0. The van der Waals surface area contributed by atoms with Gasteiger partial charge in [-0.15, -0.1) is 0 Å². The van der Waals surface area contributed by atoms with Gasteiger partial charge in [0.25, 0.3) is 0 Å². The van der Waals surface area contributed by atoms with Crippen LogP contribution in [-0.4, -0.2) is 22.3 Å². The van der Waals surface area contributed by atoms with Gasteiger partial charge in [0.05, 0.1) is 61.7 Å². The summed E-state index contributed by atoms with van der Waals surface area (Å²) in [5, 5.41) is 4.73. The fourth-order valence-electron chi connectivity index (χ4n) is 21.8. The first kappa shape index (κ1) is 81.6. The Morgan fingerprint density at radius 3 is 1.00 bits per heavy atom. The lowest BCUT2D eigenvalue weighted by molar-refractivity contribution is 0.107. The molecule has 23 rings (SSSR count). The minimum atomic E-state index is -0.488. The van der Waals surface area contributed by atoms with Crippen LogP contribution < -0.4 is 19.3 Å². The van der Waals surface area contributed by atoms with Crippen LogP contribution in [0.4, 0.5) is 34.1 Å². The van der Waals surface area contributed by atoms with E-state index in [9.17, 15) is 0 Å². The average Bonchev–Trinajstić information content (AvgIpc) is 1.55. The summed E-state index contributed by atoms with van der Waals surface area (Å²) in [6.07, 6.45) is 5.20. The lowest BCUT2D eigenvalue weighted by Crippen LogP contribution is -2.29. The van der Waals surface area contributed by atoms with Crippen LogP contribution >= 0.6 is 0 Å². The molecule has 0 fully saturated rings. The molecule has 0 aliphatic heterocycles. The van der Waals surface area contributed by atoms with Crippen LogP contribution in [0.1, 0.15) is 105 Å². The first-order chi connectivity index (χ1) is 65.6. The molecule has 20 aromatic rings. The quantitative estimate of drug-likeness (QED) is 0.0487. The zero-order valence-electron chi connectivity index (χ0n) is 74.6. The number of rotatable bonds is 28. The Kier molecular flexibility index (Phi) is 21.0. The van der Waals surface area contributed by atoms with E-state index in [0.29, 0.717) is 39.6 Å². The maximum Gasteiger partial charge on any atom is 0.119 e. The molecular weight excluding hydrogens is 1620 g/mol. The molecule has 0 bridgehead atoms. The van der Waals surface area contributed by atoms with Gasteiger partial charge in [-0.1, -0.05) is 318 Å². The first-order valence-electron chi connectivity index (χ1n) is 46.3. The average molecular weight is 1720 g/mol. The van der Waals surface area contributed by atoms with Crippen LogP contribution in [0.3, 0.4) is 0 Å². The number of hydrogen-bond acceptors (Lipinski definition) is 6. The summed E-state index contributed by atoms with van der Waals surface area (Å²) in [5.41, 5.74) is 36.4. The Labute approximate surface area is 777 Å². The van der Waals surface area contributed by atoms with Crippen molar-refractivity contribution in [1.82, 2.24) is 9.13 Å². The number of benzene rings is 18. The summed E-state index contributed by atoms with van der Waals surface area (Å²) in [6, 6.07) is 155. The van der Waals surface area contributed by atoms with Gasteiger partial charge in [0.2, 0.25) is 0 Å². The van der Waals surface area contributed by atoms with Gasteiger partial charge >= 0.3 is 0 Å². The van der Waals surface area contributed by atoms with Gasteiger partial charge in [0.1, 0.15) is 11.5 Å². The number of anilines is 6. The van der Waals surface area contributed by atoms with Crippen molar-refractivity contribution in [2.45, 2.75) is 69.4 Å². The number of nitrogens with zero attached hydrogens (tertiary/aromatic N) is 4. The van der Waals surface area contributed by atoms with Gasteiger partial charge in [-0.3, -0.25) is 0 Å². The zero-order valence-corrected chi connectivity index (χ0v) is 74.6. The molecule has 18 aromatic carbocycles. The first-order valence-corrected chi connectivity index (χ1v) is 46.3. The van der Waals surface area contributed by atoms with Gasteiger partial charge in [0.15, 0.2) is 0 Å². The Bertz CT molecular complexity index is 7350. The highest BCUT2D eigenvalue weighted by Crippen LogP contribution is 2.59. The molecule has 0 amide bonds. The van der Waals surface area contributed by atoms with Crippen molar-refractivity contribution in [3.05, 3.63) is 516 Å². The van der Waals surface area contributed by atoms with Crippen molar-refractivity contribution in [3.63, 3.8) is 0 Å². The maximum atomic E-state index is 6.64. The Morgan fingerprint density at radius 2 is 0.586 bits per heavy atom. The smallest absolute Gasteiger partial charge is 0.119 e. The van der Waals surface area contributed by atoms with E-state index >= 15 is 0 Å². The Morgan fingerprint density at radius 1 is 0.263 bits per heavy atom. The van der Waals surface area contributed by atoms with Crippen molar-refractivity contribution in [2.24, 2.45) is 0 Å². The van der Waals surface area contributed by atoms with E-state index in [-0.39, 0.29) is 5.41 Å². The van der Waals surface area contributed by atoms with E-state index in [1.54, 1.807) is 0 Å². The van der Waals surface area contributed by atoms with Crippen LogP contribution in [0.5, 0.6) is 11.5 Å². The van der Waals surface area contributed by atoms with Crippen LogP contribution in [-0.2, 0) is 52.1 Å². The van der Waals surface area contributed by atoms with Crippen LogP contribution in [0.2, 0.25) is 0 Å². The highest BCUT2D eigenvalue weighted by molar-refractivity contribution is 6.12. The normalized spacial score (nSPS) is 14.7. The molecule has 2 heterocycles. The molecule has 0 N–H and O–H groups in total. The number of fused-ring (bicyclic) bond motifs is 15. The monoisotopic (exact) mass is 1720 g/mol. The molecular formula is C125H98N4O4. The third kappa shape index (κ3) is 14.4. The summed E-state index contributed by atoms with van der Waals surface area (Å²) < 4.78 is 31.3. The van der Waals surface area contributed by atoms with Crippen molar-refractivity contribution >= 4 is 89.9 Å². The summed E-state index contributed by atoms with van der Waals surface area (Å²) in [6.45, 7) is 15.6. The van der Waals surface area contributed by atoms with Crippen molar-refractivity contribution in [2.75, 3.05) is 23.0 Å². The van der Waals surface area contributed by atoms with Crippen molar-refractivity contribution in [1.29, 1.82) is 0 Å². The standard InChI is InChI=1S/C125H98N4O4/c1-5-85-47-61-101(62-48-85)132-73-71-124(91-27-11-7-12-28-91)113-39-23-19-35-103(113)107-67-57-99(79-117(107)124)126(93-31-15-9-16-32-93)97-59-69-121-111(77-97)109-37-21-25-41-119(109)128(121)95-53-43-87(44-54-95)81-130-83-89-51-65-105-106-66-52-90(76-116(106)123(3,4)115(105)75-89)84-131-82-88-45-55-96(56-46-88)129-120-42-26-22-38-110(120)112-78-98(60-70-122(112)129)127(94-33-17-10-18-34-94)100-58-68-108-104-36-20-24-40-114(104)125(118(108)80-100,92-29-13-8-14-30-92)72-74-133-102-63-49-86(6-2)50-64-102/h5-70,75-80H,1-2,71-74,81-84H2,3-4H3. The van der Waals surface area contributed by atoms with E-state index in [1.807, 2.05) is 36.4 Å². The molecule has 2 atom stereocenters. The molecule has 3 aliphatic rings. The van der Waals surface area contributed by atoms with Crippen LogP contribution in [0.15, 0.2) is 438 Å². The summed E-state index contributed by atoms with van der Waals surface area (Å²) in [7, 11) is 0.